The van der Waals surface area contributed by atoms with E-state index in [1.54, 1.807) is 30.3 Å². The summed E-state index contributed by atoms with van der Waals surface area (Å²) in [6.07, 6.45) is 2.12. The van der Waals surface area contributed by atoms with E-state index in [1.807, 2.05) is 13.0 Å². The molecule has 0 radical (unpaired) electrons. The van der Waals surface area contributed by atoms with E-state index < -0.39 is 10.1 Å². The summed E-state index contributed by atoms with van der Waals surface area (Å²) in [5.41, 5.74) is 2.88. The molecule has 0 saturated heterocycles. The van der Waals surface area contributed by atoms with Gasteiger partial charge in [-0.25, -0.2) is 0 Å². The van der Waals surface area contributed by atoms with E-state index in [0.717, 1.165) is 16.8 Å². The van der Waals surface area contributed by atoms with Crippen LogP contribution in [0.3, 0.4) is 0 Å². The van der Waals surface area contributed by atoms with Crippen molar-refractivity contribution >= 4 is 21.4 Å². The first-order chi connectivity index (χ1) is 10.8. The van der Waals surface area contributed by atoms with E-state index in [2.05, 4.69) is 25.2 Å². The number of hydrogen-bond acceptors (Lipinski definition) is 4. The molecule has 4 nitrogen and oxygen atoms in total. The van der Waals surface area contributed by atoms with Crippen molar-refractivity contribution in [1.29, 1.82) is 0 Å². The Balaban J connectivity index is 1.94. The van der Waals surface area contributed by atoms with Crippen LogP contribution in [0.5, 0.6) is 5.75 Å². The minimum Gasteiger partial charge on any atom is -0.379 e. The van der Waals surface area contributed by atoms with Crippen LogP contribution in [0.25, 0.3) is 5.57 Å². The van der Waals surface area contributed by atoms with Gasteiger partial charge in [0.15, 0.2) is 0 Å². The Morgan fingerprint density at radius 2 is 1.74 bits per heavy atom. The average molecular weight is 329 g/mol. The smallest absolute Gasteiger partial charge is 0.339 e. The Morgan fingerprint density at radius 3 is 2.43 bits per heavy atom. The fourth-order valence-electron chi connectivity index (χ4n) is 2.77. The van der Waals surface area contributed by atoms with Crippen LogP contribution >= 0.6 is 0 Å². The van der Waals surface area contributed by atoms with Gasteiger partial charge in [-0.15, -0.1) is 0 Å². The minimum atomic E-state index is -3.82. The SMILES string of the molecule is CC1=CC(C)(C)Nc2ccc(OS(=O)(=O)c3ccccc3)cc21. The maximum absolute atomic E-state index is 12.3. The van der Waals surface area contributed by atoms with Gasteiger partial charge in [-0.3, -0.25) is 0 Å². The molecule has 0 aliphatic carbocycles. The topological polar surface area (TPSA) is 55.4 Å². The second-order valence-corrected chi connectivity index (χ2v) is 7.78. The molecule has 1 N–H and O–H groups in total. The minimum absolute atomic E-state index is 0.129. The van der Waals surface area contributed by atoms with Crippen LogP contribution in [-0.2, 0) is 10.1 Å². The summed E-state index contributed by atoms with van der Waals surface area (Å²) in [7, 11) is -3.82. The third-order valence-electron chi connectivity index (χ3n) is 3.69. The number of allylic oxidation sites excluding steroid dienone is 1. The van der Waals surface area contributed by atoms with Crippen molar-refractivity contribution in [3.05, 3.63) is 60.2 Å². The van der Waals surface area contributed by atoms with Crippen LogP contribution in [0.2, 0.25) is 0 Å². The molecule has 1 aliphatic heterocycles. The first-order valence-electron chi connectivity index (χ1n) is 7.38. The van der Waals surface area contributed by atoms with Crippen LogP contribution in [0.4, 0.5) is 5.69 Å². The van der Waals surface area contributed by atoms with E-state index >= 15 is 0 Å². The van der Waals surface area contributed by atoms with Gasteiger partial charge in [0.1, 0.15) is 10.6 Å². The van der Waals surface area contributed by atoms with Crippen LogP contribution in [0.15, 0.2) is 59.5 Å². The highest BCUT2D eigenvalue weighted by atomic mass is 32.2. The van der Waals surface area contributed by atoms with Crippen molar-refractivity contribution in [3.63, 3.8) is 0 Å². The summed E-state index contributed by atoms with van der Waals surface area (Å²) in [5, 5.41) is 3.41. The highest BCUT2D eigenvalue weighted by Crippen LogP contribution is 2.36. The second kappa shape index (κ2) is 5.42. The fourth-order valence-corrected chi connectivity index (χ4v) is 3.72. The Labute approximate surface area is 136 Å². The number of benzene rings is 2. The largest absolute Gasteiger partial charge is 0.379 e. The van der Waals surface area contributed by atoms with Gasteiger partial charge in [0.25, 0.3) is 0 Å². The molecule has 0 fully saturated rings. The van der Waals surface area contributed by atoms with E-state index in [4.69, 9.17) is 4.18 Å². The Morgan fingerprint density at radius 1 is 1.04 bits per heavy atom. The molecule has 3 rings (SSSR count). The predicted molar refractivity (Wildman–Crippen MR) is 92.1 cm³/mol. The quantitative estimate of drug-likeness (QED) is 0.863. The van der Waals surface area contributed by atoms with Gasteiger partial charge >= 0.3 is 10.1 Å². The number of nitrogens with one attached hydrogen (secondary N) is 1. The molecule has 0 aromatic heterocycles. The molecule has 0 unspecified atom stereocenters. The first kappa shape index (κ1) is 15.6. The van der Waals surface area contributed by atoms with Crippen molar-refractivity contribution in [1.82, 2.24) is 0 Å². The van der Waals surface area contributed by atoms with Gasteiger partial charge in [-0.1, -0.05) is 24.3 Å². The monoisotopic (exact) mass is 329 g/mol. The molecule has 0 atom stereocenters. The van der Waals surface area contributed by atoms with Crippen molar-refractivity contribution in [2.24, 2.45) is 0 Å². The Bertz CT molecular complexity index is 868. The zero-order chi connectivity index (χ0) is 16.7. The molecule has 1 aliphatic rings. The molecule has 23 heavy (non-hydrogen) atoms. The van der Waals surface area contributed by atoms with Gasteiger partial charge in [0, 0.05) is 11.3 Å². The molecule has 1 heterocycles. The molecule has 5 heteroatoms. The lowest BCUT2D eigenvalue weighted by Gasteiger charge is -2.31. The Hall–Kier alpha value is -2.27. The molecule has 0 saturated carbocycles. The first-order valence-corrected chi connectivity index (χ1v) is 8.79. The highest BCUT2D eigenvalue weighted by Gasteiger charge is 2.23. The van der Waals surface area contributed by atoms with Gasteiger partial charge in [0.05, 0.1) is 5.54 Å². The third-order valence-corrected chi connectivity index (χ3v) is 4.95. The van der Waals surface area contributed by atoms with Crippen molar-refractivity contribution in [2.45, 2.75) is 31.2 Å². The van der Waals surface area contributed by atoms with Crippen LogP contribution in [0, 0.1) is 0 Å². The van der Waals surface area contributed by atoms with Gasteiger partial charge in [-0.05, 0) is 56.7 Å². The third kappa shape index (κ3) is 3.24. The number of hydrogen-bond donors (Lipinski definition) is 1. The van der Waals surface area contributed by atoms with Crippen LogP contribution < -0.4 is 9.50 Å². The predicted octanol–water partition coefficient (Wildman–Crippen LogP) is 4.06. The fraction of sp³-hybridized carbons (Fsp3) is 0.222. The standard InChI is InChI=1S/C18H19NO3S/c1-13-12-18(2,3)19-17-10-9-14(11-16(13)17)22-23(20,21)15-7-5-4-6-8-15/h4-12,19H,1-3H3. The highest BCUT2D eigenvalue weighted by molar-refractivity contribution is 7.87. The van der Waals surface area contributed by atoms with Crippen LogP contribution in [-0.4, -0.2) is 14.0 Å². The second-order valence-electron chi connectivity index (χ2n) is 6.23. The zero-order valence-electron chi connectivity index (χ0n) is 13.3. The van der Waals surface area contributed by atoms with Gasteiger partial charge in [0.2, 0.25) is 0 Å². The average Bonchev–Trinajstić information content (AvgIpc) is 2.48. The van der Waals surface area contributed by atoms with Crippen molar-refractivity contribution in [2.75, 3.05) is 5.32 Å². The molecule has 0 amide bonds. The number of rotatable bonds is 3. The van der Waals surface area contributed by atoms with Crippen LogP contribution in [0.1, 0.15) is 26.3 Å². The summed E-state index contributed by atoms with van der Waals surface area (Å²) in [5.74, 6) is 0.307. The summed E-state index contributed by atoms with van der Waals surface area (Å²) in [6, 6.07) is 13.4. The molecule has 2 aromatic carbocycles. The molecule has 0 bridgehead atoms. The van der Waals surface area contributed by atoms with Crippen molar-refractivity contribution < 1.29 is 12.6 Å². The van der Waals surface area contributed by atoms with Gasteiger partial charge < -0.3 is 9.50 Å². The maximum atomic E-state index is 12.3. The zero-order valence-corrected chi connectivity index (χ0v) is 14.1. The van der Waals surface area contributed by atoms with E-state index in [1.165, 1.54) is 12.1 Å². The van der Waals surface area contributed by atoms with E-state index in [-0.39, 0.29) is 10.4 Å². The normalized spacial score (nSPS) is 16.0. The molecular formula is C18H19NO3S. The lowest BCUT2D eigenvalue weighted by molar-refractivity contribution is 0.486. The van der Waals surface area contributed by atoms with E-state index in [9.17, 15) is 8.42 Å². The summed E-state index contributed by atoms with van der Waals surface area (Å²) >= 11 is 0. The van der Waals surface area contributed by atoms with E-state index in [0.29, 0.717) is 5.75 Å². The Kier molecular flexibility index (Phi) is 3.68. The lowest BCUT2D eigenvalue weighted by atomic mass is 9.91. The number of anilines is 1. The maximum Gasteiger partial charge on any atom is 0.339 e. The molecule has 0 spiro atoms. The molecule has 2 aromatic rings. The molecular weight excluding hydrogens is 310 g/mol. The number of fused-ring (bicyclic) bond motifs is 1. The van der Waals surface area contributed by atoms with Crippen molar-refractivity contribution in [3.8, 4) is 5.75 Å². The summed E-state index contributed by atoms with van der Waals surface area (Å²) in [6.45, 7) is 6.18. The molecule has 120 valence electrons. The van der Waals surface area contributed by atoms with Gasteiger partial charge in [-0.2, -0.15) is 8.42 Å². The summed E-state index contributed by atoms with van der Waals surface area (Å²) < 4.78 is 29.9. The summed E-state index contributed by atoms with van der Waals surface area (Å²) in [4.78, 5) is 0.143. The lowest BCUT2D eigenvalue weighted by Crippen LogP contribution is -2.31.